The maximum absolute atomic E-state index is 6.29. The Morgan fingerprint density at radius 2 is 2.17 bits per heavy atom. The summed E-state index contributed by atoms with van der Waals surface area (Å²) < 4.78 is 10.9. The van der Waals surface area contributed by atoms with Crippen molar-refractivity contribution in [3.05, 3.63) is 53.0 Å². The molecule has 0 saturated carbocycles. The Hall–Kier alpha value is -1.74. The summed E-state index contributed by atoms with van der Waals surface area (Å²) in [6, 6.07) is 8.04. The van der Waals surface area contributed by atoms with Gasteiger partial charge in [-0.25, -0.2) is 0 Å². The van der Waals surface area contributed by atoms with Crippen LogP contribution in [0.4, 0.5) is 0 Å². The maximum atomic E-state index is 6.29. The van der Waals surface area contributed by atoms with Crippen LogP contribution >= 0.6 is 0 Å². The van der Waals surface area contributed by atoms with Gasteiger partial charge >= 0.3 is 0 Å². The van der Waals surface area contributed by atoms with Crippen LogP contribution in [0.5, 0.6) is 5.75 Å². The lowest BCUT2D eigenvalue weighted by Gasteiger charge is -2.19. The second-order valence-electron chi connectivity index (χ2n) is 4.73. The minimum Gasteiger partial charge on any atom is -0.493 e. The fourth-order valence-corrected chi connectivity index (χ4v) is 2.47. The molecule has 0 amide bonds. The van der Waals surface area contributed by atoms with Crippen LogP contribution in [0.1, 0.15) is 34.9 Å². The van der Waals surface area contributed by atoms with E-state index in [2.05, 4.69) is 6.07 Å². The highest BCUT2D eigenvalue weighted by molar-refractivity contribution is 5.42. The van der Waals surface area contributed by atoms with Crippen molar-refractivity contribution in [3.8, 4) is 5.75 Å². The molecule has 3 nitrogen and oxygen atoms in total. The molecule has 0 radical (unpaired) electrons. The molecule has 1 unspecified atom stereocenters. The van der Waals surface area contributed by atoms with E-state index < -0.39 is 0 Å². The molecule has 3 heteroatoms. The molecule has 18 heavy (non-hydrogen) atoms. The van der Waals surface area contributed by atoms with Crippen LogP contribution in [-0.4, -0.2) is 6.61 Å². The smallest absolute Gasteiger partial charge is 0.122 e. The molecule has 2 heterocycles. The molecule has 1 aromatic carbocycles. The van der Waals surface area contributed by atoms with Gasteiger partial charge in [-0.3, -0.25) is 0 Å². The highest BCUT2D eigenvalue weighted by atomic mass is 16.5. The van der Waals surface area contributed by atoms with Crippen molar-refractivity contribution in [1.82, 2.24) is 0 Å². The lowest BCUT2D eigenvalue weighted by atomic mass is 9.96. The average molecular weight is 243 g/mol. The van der Waals surface area contributed by atoms with Crippen LogP contribution in [0.3, 0.4) is 0 Å². The van der Waals surface area contributed by atoms with Crippen LogP contribution in [0, 0.1) is 6.92 Å². The van der Waals surface area contributed by atoms with Crippen molar-refractivity contribution in [1.29, 1.82) is 0 Å². The first-order valence-corrected chi connectivity index (χ1v) is 6.31. The van der Waals surface area contributed by atoms with Gasteiger partial charge in [0.05, 0.1) is 18.9 Å². The molecule has 2 aromatic rings. The second-order valence-corrected chi connectivity index (χ2v) is 4.73. The molecule has 0 spiro atoms. The summed E-state index contributed by atoms with van der Waals surface area (Å²) in [7, 11) is 0. The maximum Gasteiger partial charge on any atom is 0.122 e. The third kappa shape index (κ3) is 1.91. The van der Waals surface area contributed by atoms with Crippen molar-refractivity contribution >= 4 is 0 Å². The van der Waals surface area contributed by atoms with Gasteiger partial charge in [0.15, 0.2) is 0 Å². The highest BCUT2D eigenvalue weighted by Gasteiger charge is 2.17. The van der Waals surface area contributed by atoms with E-state index in [1.54, 1.807) is 6.26 Å². The Labute approximate surface area is 107 Å². The molecule has 0 fully saturated rings. The van der Waals surface area contributed by atoms with Gasteiger partial charge in [-0.1, -0.05) is 12.1 Å². The van der Waals surface area contributed by atoms with Gasteiger partial charge in [0.25, 0.3) is 0 Å². The Balaban J connectivity index is 1.95. The Bertz CT molecular complexity index is 559. The predicted molar refractivity (Wildman–Crippen MR) is 69.7 cm³/mol. The summed E-state index contributed by atoms with van der Waals surface area (Å²) in [5.41, 5.74) is 9.72. The quantitative estimate of drug-likeness (QED) is 0.882. The van der Waals surface area contributed by atoms with Gasteiger partial charge in [0.2, 0.25) is 0 Å². The SMILES string of the molecule is Cc1occc1C(N)c1ccc2c(c1)CCCO2. The molecule has 0 bridgehead atoms. The number of rotatable bonds is 2. The van der Waals surface area contributed by atoms with Gasteiger partial charge in [-0.2, -0.15) is 0 Å². The van der Waals surface area contributed by atoms with E-state index in [4.69, 9.17) is 14.9 Å². The number of hydrogen-bond acceptors (Lipinski definition) is 3. The molecular formula is C15H17NO2. The third-order valence-corrected chi connectivity index (χ3v) is 3.53. The number of furan rings is 1. The molecule has 2 N–H and O–H groups in total. The molecule has 1 atom stereocenters. The van der Waals surface area contributed by atoms with Gasteiger partial charge < -0.3 is 14.9 Å². The summed E-state index contributed by atoms with van der Waals surface area (Å²) in [4.78, 5) is 0. The van der Waals surface area contributed by atoms with Crippen molar-refractivity contribution in [2.75, 3.05) is 6.61 Å². The summed E-state index contributed by atoms with van der Waals surface area (Å²) in [6.45, 7) is 2.76. The lowest BCUT2D eigenvalue weighted by Crippen LogP contribution is -2.14. The zero-order valence-electron chi connectivity index (χ0n) is 10.5. The molecule has 94 valence electrons. The van der Waals surface area contributed by atoms with Crippen LogP contribution in [0.25, 0.3) is 0 Å². The number of aryl methyl sites for hydroxylation is 2. The fraction of sp³-hybridized carbons (Fsp3) is 0.333. The molecular weight excluding hydrogens is 226 g/mol. The van der Waals surface area contributed by atoms with E-state index in [1.165, 1.54) is 5.56 Å². The van der Waals surface area contributed by atoms with Gasteiger partial charge in [0.1, 0.15) is 11.5 Å². The highest BCUT2D eigenvalue weighted by Crippen LogP contribution is 2.30. The first-order chi connectivity index (χ1) is 8.75. The number of hydrogen-bond donors (Lipinski definition) is 1. The second kappa shape index (κ2) is 4.50. The zero-order valence-corrected chi connectivity index (χ0v) is 10.5. The molecule has 1 aliphatic rings. The molecule has 3 rings (SSSR count). The molecule has 1 aromatic heterocycles. The van der Waals surface area contributed by atoms with E-state index in [0.717, 1.165) is 42.1 Å². The van der Waals surface area contributed by atoms with Crippen LogP contribution in [0.15, 0.2) is 34.9 Å². The summed E-state index contributed by atoms with van der Waals surface area (Å²) in [6.07, 6.45) is 3.84. The molecule has 0 aliphatic carbocycles. The van der Waals surface area contributed by atoms with E-state index in [0.29, 0.717) is 0 Å². The van der Waals surface area contributed by atoms with E-state index in [9.17, 15) is 0 Å². The minimum absolute atomic E-state index is 0.129. The van der Waals surface area contributed by atoms with E-state index in [-0.39, 0.29) is 6.04 Å². The standard InChI is InChI=1S/C15H17NO2/c1-10-13(6-8-17-10)15(16)12-4-5-14-11(9-12)3-2-7-18-14/h4-6,8-9,15H,2-3,7,16H2,1H3. The van der Waals surface area contributed by atoms with E-state index >= 15 is 0 Å². The minimum atomic E-state index is -0.129. The van der Waals surface area contributed by atoms with E-state index in [1.807, 2.05) is 25.1 Å². The monoisotopic (exact) mass is 243 g/mol. The van der Waals surface area contributed by atoms with Crippen LogP contribution in [-0.2, 0) is 6.42 Å². The van der Waals surface area contributed by atoms with Gasteiger partial charge in [0, 0.05) is 5.56 Å². The lowest BCUT2D eigenvalue weighted by molar-refractivity contribution is 0.288. The summed E-state index contributed by atoms with van der Waals surface area (Å²) >= 11 is 0. The summed E-state index contributed by atoms with van der Waals surface area (Å²) in [5, 5.41) is 0. The Morgan fingerprint density at radius 1 is 1.28 bits per heavy atom. The van der Waals surface area contributed by atoms with Crippen molar-refractivity contribution in [2.24, 2.45) is 5.73 Å². The zero-order chi connectivity index (χ0) is 12.5. The van der Waals surface area contributed by atoms with Crippen LogP contribution in [0.2, 0.25) is 0 Å². The Kier molecular flexibility index (Phi) is 2.84. The fourth-order valence-electron chi connectivity index (χ4n) is 2.47. The summed E-state index contributed by atoms with van der Waals surface area (Å²) in [5.74, 6) is 1.89. The number of nitrogens with two attached hydrogens (primary N) is 1. The normalized spacial score (nSPS) is 15.9. The third-order valence-electron chi connectivity index (χ3n) is 3.53. The first-order valence-electron chi connectivity index (χ1n) is 6.31. The topological polar surface area (TPSA) is 48.4 Å². The Morgan fingerprint density at radius 3 is 2.94 bits per heavy atom. The molecule has 1 aliphatic heterocycles. The molecule has 0 saturated heterocycles. The van der Waals surface area contributed by atoms with Crippen molar-refractivity contribution in [2.45, 2.75) is 25.8 Å². The van der Waals surface area contributed by atoms with Gasteiger partial charge in [-0.15, -0.1) is 0 Å². The largest absolute Gasteiger partial charge is 0.493 e. The number of ether oxygens (including phenoxy) is 1. The predicted octanol–water partition coefficient (Wildman–Crippen LogP) is 2.96. The van der Waals surface area contributed by atoms with Crippen LogP contribution < -0.4 is 10.5 Å². The first kappa shape index (κ1) is 11.4. The van der Waals surface area contributed by atoms with Gasteiger partial charge in [-0.05, 0) is 43.0 Å². The number of benzene rings is 1. The average Bonchev–Trinajstić information content (AvgIpc) is 2.83. The van der Waals surface area contributed by atoms with Crippen molar-refractivity contribution in [3.63, 3.8) is 0 Å². The number of fused-ring (bicyclic) bond motifs is 1. The van der Waals surface area contributed by atoms with Crippen molar-refractivity contribution < 1.29 is 9.15 Å².